The summed E-state index contributed by atoms with van der Waals surface area (Å²) in [5, 5.41) is 18.6. The predicted molar refractivity (Wildman–Crippen MR) is 291 cm³/mol. The average molecular weight is 1060 g/mol. The van der Waals surface area contributed by atoms with Gasteiger partial charge < -0.3 is 50.1 Å². The molecule has 18 heteroatoms. The third-order valence-corrected chi connectivity index (χ3v) is 15.4. The van der Waals surface area contributed by atoms with Gasteiger partial charge in [-0.2, -0.15) is 0 Å². The van der Waals surface area contributed by atoms with Crippen LogP contribution < -0.4 is 16.0 Å². The largest absolute Gasteiger partial charge is 0.480 e. The zero-order chi connectivity index (χ0) is 56.2. The van der Waals surface area contributed by atoms with Crippen LogP contribution >= 0.6 is 0 Å². The second kappa shape index (κ2) is 30.6. The first-order chi connectivity index (χ1) is 36.1. The van der Waals surface area contributed by atoms with Gasteiger partial charge in [0.05, 0.1) is 36.6 Å². The summed E-state index contributed by atoms with van der Waals surface area (Å²) in [5.41, 5.74) is 1.46. The summed E-state index contributed by atoms with van der Waals surface area (Å²) in [6.07, 6.45) is 14.9. The lowest BCUT2D eigenvalue weighted by Gasteiger charge is -2.41. The minimum atomic E-state index is -1.17. The summed E-state index contributed by atoms with van der Waals surface area (Å²) in [4.78, 5) is 116. The molecule has 9 atom stereocenters. The molecule has 76 heavy (non-hydrogen) atoms. The summed E-state index contributed by atoms with van der Waals surface area (Å²) >= 11 is 0. The topological polar surface area (TPSA) is 224 Å². The molecule has 2 aliphatic heterocycles. The van der Waals surface area contributed by atoms with Crippen LogP contribution in [0.1, 0.15) is 112 Å². The number of aliphatic carboxylic acids is 1. The highest BCUT2D eigenvalue weighted by atomic mass is 16.5. The lowest BCUT2D eigenvalue weighted by molar-refractivity contribution is -0.149. The molecule has 1 aromatic rings. The molecule has 2 heterocycles. The van der Waals surface area contributed by atoms with Crippen LogP contribution in [0.5, 0.6) is 0 Å². The lowest BCUT2D eigenvalue weighted by Crippen LogP contribution is -2.60. The number of allylic oxidation sites excluding steroid dienone is 7. The fraction of sp³-hybridized carbons (Fsp3) is 0.621. The fourth-order valence-electron chi connectivity index (χ4n) is 10.7. The second-order valence-electron chi connectivity index (χ2n) is 21.4. The van der Waals surface area contributed by atoms with Crippen molar-refractivity contribution in [3.05, 3.63) is 84.1 Å². The number of ether oxygens (including phenoxy) is 2. The first-order valence-electron chi connectivity index (χ1n) is 27.2. The third kappa shape index (κ3) is 17.4. The minimum Gasteiger partial charge on any atom is -0.480 e. The minimum absolute atomic E-state index is 0.0356. The number of carbonyl (C=O) groups excluding carboxylic acids is 7. The zero-order valence-electron chi connectivity index (χ0n) is 46.9. The first kappa shape index (κ1) is 62.4. The third-order valence-electron chi connectivity index (χ3n) is 15.4. The molecule has 18 nitrogen and oxygen atoms in total. The summed E-state index contributed by atoms with van der Waals surface area (Å²) in [7, 11) is 6.19. The zero-order valence-corrected chi connectivity index (χ0v) is 46.9. The van der Waals surface area contributed by atoms with E-state index in [2.05, 4.69) is 16.0 Å². The van der Waals surface area contributed by atoms with E-state index in [0.29, 0.717) is 57.4 Å². The molecule has 0 unspecified atom stereocenters. The second-order valence-corrected chi connectivity index (χ2v) is 21.4. The molecule has 3 aliphatic rings. The van der Waals surface area contributed by atoms with E-state index in [-0.39, 0.29) is 85.3 Å². The summed E-state index contributed by atoms with van der Waals surface area (Å²) < 4.78 is 12.0. The number of methoxy groups -OCH3 is 2. The number of carboxylic acid groups (broad SMARTS) is 1. The Labute approximate surface area is 451 Å². The van der Waals surface area contributed by atoms with Crippen molar-refractivity contribution in [3.8, 4) is 0 Å². The molecule has 420 valence electrons. The highest BCUT2D eigenvalue weighted by Crippen LogP contribution is 2.30. The maximum atomic E-state index is 14.7. The van der Waals surface area contributed by atoms with Gasteiger partial charge in [0.1, 0.15) is 18.1 Å². The van der Waals surface area contributed by atoms with Crippen molar-refractivity contribution >= 4 is 47.3 Å². The number of likely N-dealkylation sites (tertiary alicyclic amines) is 2. The normalized spacial score (nSPS) is 21.0. The smallest absolute Gasteiger partial charge is 0.326 e. The van der Waals surface area contributed by atoms with E-state index in [1.54, 1.807) is 60.0 Å². The number of carboxylic acids is 1. The SMILES string of the molecule is CC[C@H](C)[C@@H]([C@@H](CC(=O)N1CCC[C@H]1[C@H](OC)[C@@H](C)C(=O)N[C@@H](Cc1ccccc1)C(=O)O)OC)N(C)C(=O)[C@@H](NC(=O)[C@H](C(C)C)N(C)C(=O)CCCC(=O)N1CCC(C(=O)NC2=C/C=C\C=C/C=C\2)CC1)C(C)C. The van der Waals surface area contributed by atoms with Crippen LogP contribution in [-0.4, -0.2) is 162 Å². The van der Waals surface area contributed by atoms with Crippen molar-refractivity contribution in [1.29, 1.82) is 0 Å². The van der Waals surface area contributed by atoms with Crippen LogP contribution in [0.2, 0.25) is 0 Å². The molecule has 1 aromatic carbocycles. The number of benzene rings is 1. The van der Waals surface area contributed by atoms with E-state index >= 15 is 0 Å². The van der Waals surface area contributed by atoms with Crippen LogP contribution in [0.4, 0.5) is 0 Å². The number of carbonyl (C=O) groups is 8. The molecule has 4 N–H and O–H groups in total. The Morgan fingerprint density at radius 1 is 0.763 bits per heavy atom. The Hall–Kier alpha value is -6.14. The molecular weight excluding hydrogens is 971 g/mol. The highest BCUT2D eigenvalue weighted by molar-refractivity contribution is 5.93. The molecule has 0 aromatic heterocycles. The quantitative estimate of drug-likeness (QED) is 0.0869. The van der Waals surface area contributed by atoms with E-state index in [9.17, 15) is 43.5 Å². The number of nitrogens with one attached hydrogen (secondary N) is 3. The van der Waals surface area contributed by atoms with Gasteiger partial charge in [-0.05, 0) is 67.6 Å². The number of rotatable bonds is 27. The average Bonchev–Trinajstić information content (AvgIpc) is 3.87. The Morgan fingerprint density at radius 2 is 1.42 bits per heavy atom. The number of hydrogen-bond acceptors (Lipinski definition) is 10. The Bertz CT molecular complexity index is 2260. The molecule has 2 saturated heterocycles. The number of hydrogen-bond donors (Lipinski definition) is 4. The number of likely N-dealkylation sites (N-methyl/N-ethyl adjacent to an activating group) is 2. The van der Waals surface area contributed by atoms with Crippen LogP contribution in [0.15, 0.2) is 78.6 Å². The number of amides is 7. The molecule has 4 rings (SSSR count). The van der Waals surface area contributed by atoms with Gasteiger partial charge in [0.25, 0.3) is 0 Å². The molecule has 2 fully saturated rings. The van der Waals surface area contributed by atoms with Gasteiger partial charge in [-0.15, -0.1) is 0 Å². The van der Waals surface area contributed by atoms with Crippen LogP contribution in [-0.2, 0) is 54.3 Å². The summed E-state index contributed by atoms with van der Waals surface area (Å²) in [6.45, 7) is 14.2. The van der Waals surface area contributed by atoms with Crippen molar-refractivity contribution in [2.75, 3.05) is 47.9 Å². The molecule has 0 spiro atoms. The maximum Gasteiger partial charge on any atom is 0.326 e. The molecular formula is C58H87N7O11. The van der Waals surface area contributed by atoms with E-state index in [1.165, 1.54) is 19.1 Å². The molecule has 1 aliphatic carbocycles. The van der Waals surface area contributed by atoms with E-state index in [4.69, 9.17) is 9.47 Å². The van der Waals surface area contributed by atoms with Gasteiger partial charge in [-0.1, -0.05) is 116 Å². The standard InChI is InChI=1S/C58H87N7O11/c1-12-39(6)52(46(75-10)36-49(68)65-32-22-27-45(65)53(76-11)40(7)54(69)60-44(58(73)74)35-41-23-17-16-18-24-41)63(9)57(72)50(37(2)3)61-56(71)51(38(4)5)62(8)47(66)28-21-29-48(67)64-33-30-42(31-34-64)55(70)59-43-25-19-14-13-15-20-26-43/h13-20,23-26,37-40,42,44-46,50-53H,12,21-22,27-36H2,1-11H3,(H,59,70)(H,60,69)(H,61,71)(H,73,74)/b14-13-,15-13?,19-14?,20-15-,25-19-,26-20?,43-25?,43-26+/t39-,40+,44-,45-,46+,50-,51-,52-,53+/m0/s1. The fourth-order valence-corrected chi connectivity index (χ4v) is 10.7. The number of piperidine rings is 1. The lowest BCUT2D eigenvalue weighted by atomic mass is 9.89. The van der Waals surface area contributed by atoms with Crippen LogP contribution in [0.25, 0.3) is 0 Å². The van der Waals surface area contributed by atoms with E-state index < -0.39 is 66.1 Å². The monoisotopic (exact) mass is 1060 g/mol. The van der Waals surface area contributed by atoms with E-state index in [0.717, 1.165) is 5.56 Å². The van der Waals surface area contributed by atoms with Crippen LogP contribution in [0.3, 0.4) is 0 Å². The van der Waals surface area contributed by atoms with Crippen molar-refractivity contribution in [2.45, 2.75) is 155 Å². The Balaban J connectivity index is 1.36. The van der Waals surface area contributed by atoms with Gasteiger partial charge in [0, 0.05) is 78.8 Å². The number of nitrogens with zero attached hydrogens (tertiary/aromatic N) is 4. The van der Waals surface area contributed by atoms with Crippen molar-refractivity contribution < 1.29 is 52.9 Å². The van der Waals surface area contributed by atoms with Crippen molar-refractivity contribution in [2.24, 2.45) is 29.6 Å². The van der Waals surface area contributed by atoms with E-state index in [1.807, 2.05) is 90.1 Å². The first-order valence-corrected chi connectivity index (χ1v) is 27.2. The maximum absolute atomic E-state index is 14.7. The molecule has 0 bridgehead atoms. The van der Waals surface area contributed by atoms with Gasteiger partial charge in [-0.3, -0.25) is 33.6 Å². The molecule has 0 saturated carbocycles. The Kier molecular flexibility index (Phi) is 25.1. The van der Waals surface area contributed by atoms with Gasteiger partial charge >= 0.3 is 5.97 Å². The van der Waals surface area contributed by atoms with Crippen LogP contribution in [0, 0.1) is 29.6 Å². The summed E-state index contributed by atoms with van der Waals surface area (Å²) in [6, 6.07) is 4.87. The van der Waals surface area contributed by atoms with Crippen molar-refractivity contribution in [1.82, 2.24) is 35.6 Å². The van der Waals surface area contributed by atoms with Gasteiger partial charge in [0.15, 0.2) is 0 Å². The van der Waals surface area contributed by atoms with Gasteiger partial charge in [-0.25, -0.2) is 4.79 Å². The Morgan fingerprint density at radius 3 is 2.03 bits per heavy atom. The molecule has 0 radical (unpaired) electrons. The van der Waals surface area contributed by atoms with Gasteiger partial charge in [0.2, 0.25) is 41.4 Å². The highest BCUT2D eigenvalue weighted by Gasteiger charge is 2.44. The molecule has 7 amide bonds. The predicted octanol–water partition coefficient (Wildman–Crippen LogP) is 5.43. The van der Waals surface area contributed by atoms with Crippen molar-refractivity contribution in [3.63, 3.8) is 0 Å². The summed E-state index contributed by atoms with van der Waals surface area (Å²) in [5.74, 6) is -5.14.